The zero-order chi connectivity index (χ0) is 25.2. The van der Waals surface area contributed by atoms with Gasteiger partial charge in [0.15, 0.2) is 0 Å². The number of piperidine rings is 1. The first kappa shape index (κ1) is 24.1. The number of hydrogen-bond acceptors (Lipinski definition) is 7. The molecule has 0 radical (unpaired) electrons. The molecule has 1 aromatic carbocycles. The predicted octanol–water partition coefficient (Wildman–Crippen LogP) is 4.42. The number of aromatic nitrogens is 4. The van der Waals surface area contributed by atoms with E-state index in [2.05, 4.69) is 39.8 Å². The van der Waals surface area contributed by atoms with E-state index in [4.69, 9.17) is 5.10 Å². The van der Waals surface area contributed by atoms with Gasteiger partial charge in [-0.2, -0.15) is 20.7 Å². The summed E-state index contributed by atoms with van der Waals surface area (Å²) in [5.41, 5.74) is 4.89. The minimum Gasteiger partial charge on any atom is -0.392 e. The summed E-state index contributed by atoms with van der Waals surface area (Å²) in [5, 5.41) is 38.1. The highest BCUT2D eigenvalue weighted by molar-refractivity contribution is 7.99. The Balaban J connectivity index is 1.50. The Morgan fingerprint density at radius 1 is 1.08 bits per heavy atom. The summed E-state index contributed by atoms with van der Waals surface area (Å²) < 4.78 is 3.87. The summed E-state index contributed by atoms with van der Waals surface area (Å²) in [5.74, 6) is 0. The molecule has 1 aliphatic rings. The zero-order valence-electron chi connectivity index (χ0n) is 20.3. The SMILES string of the molecule is Cc1c(-c2cc(Sc3ccccc3C#N)c3c(C#N)cnn3c2)cnn1C1CCN(C[C@H](C)O)CC1. The van der Waals surface area contributed by atoms with Crippen LogP contribution in [-0.2, 0) is 0 Å². The van der Waals surface area contributed by atoms with Gasteiger partial charge in [-0.25, -0.2) is 4.52 Å². The van der Waals surface area contributed by atoms with Crippen LogP contribution in [0.1, 0.15) is 42.6 Å². The number of aliphatic hydroxyl groups excluding tert-OH is 1. The molecule has 9 heteroatoms. The number of hydrogen-bond donors (Lipinski definition) is 1. The number of nitrogens with zero attached hydrogens (tertiary/aromatic N) is 7. The maximum Gasteiger partial charge on any atom is 0.103 e. The van der Waals surface area contributed by atoms with Crippen molar-refractivity contribution in [1.82, 2.24) is 24.3 Å². The highest BCUT2D eigenvalue weighted by Gasteiger charge is 2.24. The number of pyridine rings is 1. The largest absolute Gasteiger partial charge is 0.392 e. The first-order valence-electron chi connectivity index (χ1n) is 12.0. The molecular weight excluding hydrogens is 470 g/mol. The summed E-state index contributed by atoms with van der Waals surface area (Å²) in [4.78, 5) is 4.00. The molecule has 0 aliphatic carbocycles. The average Bonchev–Trinajstić information content (AvgIpc) is 3.48. The fourth-order valence-corrected chi connectivity index (χ4v) is 6.05. The highest BCUT2D eigenvalue weighted by atomic mass is 32.2. The van der Waals surface area contributed by atoms with Gasteiger partial charge in [0.05, 0.1) is 41.2 Å². The Kier molecular flexibility index (Phi) is 6.80. The Morgan fingerprint density at radius 2 is 1.83 bits per heavy atom. The van der Waals surface area contributed by atoms with E-state index in [0.29, 0.717) is 23.7 Å². The second-order valence-electron chi connectivity index (χ2n) is 9.24. The van der Waals surface area contributed by atoms with Crippen LogP contribution in [0.3, 0.4) is 0 Å². The van der Waals surface area contributed by atoms with E-state index in [1.807, 2.05) is 37.5 Å². The van der Waals surface area contributed by atoms with Crippen molar-refractivity contribution in [1.29, 1.82) is 10.5 Å². The molecule has 5 rings (SSSR count). The molecule has 0 amide bonds. The van der Waals surface area contributed by atoms with E-state index in [1.165, 1.54) is 11.8 Å². The number of aliphatic hydroxyl groups is 1. The van der Waals surface area contributed by atoms with Gasteiger partial charge in [-0.15, -0.1) is 0 Å². The van der Waals surface area contributed by atoms with Crippen LogP contribution < -0.4 is 0 Å². The molecular formula is C27H27N7OS. The van der Waals surface area contributed by atoms with Crippen molar-refractivity contribution < 1.29 is 5.11 Å². The second-order valence-corrected chi connectivity index (χ2v) is 10.3. The van der Waals surface area contributed by atoms with Crippen LogP contribution in [0, 0.1) is 29.6 Å². The van der Waals surface area contributed by atoms with Gasteiger partial charge in [-0.05, 0) is 44.9 Å². The van der Waals surface area contributed by atoms with Crippen molar-refractivity contribution >= 4 is 17.3 Å². The van der Waals surface area contributed by atoms with Crippen LogP contribution in [0.5, 0.6) is 0 Å². The van der Waals surface area contributed by atoms with Crippen LogP contribution in [0.2, 0.25) is 0 Å². The van der Waals surface area contributed by atoms with Crippen molar-refractivity contribution in [3.63, 3.8) is 0 Å². The van der Waals surface area contributed by atoms with Crippen LogP contribution in [0.15, 0.2) is 58.7 Å². The molecule has 4 aromatic rings. The third-order valence-corrected chi connectivity index (χ3v) is 7.81. The number of rotatable bonds is 6. The number of nitriles is 2. The third-order valence-electron chi connectivity index (χ3n) is 6.71. The van der Waals surface area contributed by atoms with Crippen molar-refractivity contribution in [2.45, 2.75) is 48.6 Å². The standard InChI is InChI=1S/C27H27N7OS/c1-18(35)16-32-9-7-23(8-10-32)34-19(2)24(15-31-34)21-11-26(27-22(13-29)14-30-33(27)17-21)36-25-6-4-3-5-20(25)12-28/h3-6,11,14-15,17-18,23,35H,7-10,16H2,1-2H3/t18-/m0/s1. The summed E-state index contributed by atoms with van der Waals surface area (Å²) in [7, 11) is 0. The van der Waals surface area contributed by atoms with E-state index in [0.717, 1.165) is 58.1 Å². The first-order chi connectivity index (χ1) is 17.5. The fourth-order valence-electron chi connectivity index (χ4n) is 4.95. The molecule has 0 bridgehead atoms. The van der Waals surface area contributed by atoms with Crippen molar-refractivity contribution in [2.75, 3.05) is 19.6 Å². The molecule has 1 N–H and O–H groups in total. The van der Waals surface area contributed by atoms with E-state index in [-0.39, 0.29) is 6.10 Å². The number of fused-ring (bicyclic) bond motifs is 1. The normalized spacial score (nSPS) is 15.6. The molecule has 1 saturated heterocycles. The summed E-state index contributed by atoms with van der Waals surface area (Å²) in [6.07, 6.45) is 7.10. The van der Waals surface area contributed by atoms with E-state index in [1.54, 1.807) is 16.8 Å². The molecule has 3 aromatic heterocycles. The van der Waals surface area contributed by atoms with Crippen LogP contribution >= 0.6 is 11.8 Å². The third kappa shape index (κ3) is 4.61. The lowest BCUT2D eigenvalue weighted by atomic mass is 10.0. The van der Waals surface area contributed by atoms with E-state index >= 15 is 0 Å². The van der Waals surface area contributed by atoms with Gasteiger partial charge < -0.3 is 10.0 Å². The highest BCUT2D eigenvalue weighted by Crippen LogP contribution is 2.38. The first-order valence-corrected chi connectivity index (χ1v) is 12.8. The monoisotopic (exact) mass is 497 g/mol. The Bertz CT molecular complexity index is 1480. The van der Waals surface area contributed by atoms with Gasteiger partial charge in [-0.3, -0.25) is 4.68 Å². The quantitative estimate of drug-likeness (QED) is 0.420. The summed E-state index contributed by atoms with van der Waals surface area (Å²) in [6, 6.07) is 14.4. The van der Waals surface area contributed by atoms with Gasteiger partial charge in [0.1, 0.15) is 12.1 Å². The minimum absolute atomic E-state index is 0.314. The lowest BCUT2D eigenvalue weighted by Crippen LogP contribution is -2.39. The molecule has 36 heavy (non-hydrogen) atoms. The van der Waals surface area contributed by atoms with E-state index < -0.39 is 0 Å². The van der Waals surface area contributed by atoms with Crippen molar-refractivity contribution in [2.24, 2.45) is 0 Å². The fraction of sp³-hybridized carbons (Fsp3) is 0.333. The molecule has 0 saturated carbocycles. The van der Waals surface area contributed by atoms with Crippen LogP contribution in [-0.4, -0.2) is 55.1 Å². The van der Waals surface area contributed by atoms with Gasteiger partial charge in [0.25, 0.3) is 0 Å². The summed E-state index contributed by atoms with van der Waals surface area (Å²) >= 11 is 1.47. The van der Waals surface area contributed by atoms with Gasteiger partial charge in [-0.1, -0.05) is 23.9 Å². The van der Waals surface area contributed by atoms with E-state index in [9.17, 15) is 15.6 Å². The lowest BCUT2D eigenvalue weighted by molar-refractivity contribution is 0.0992. The lowest BCUT2D eigenvalue weighted by Gasteiger charge is -2.33. The maximum absolute atomic E-state index is 9.70. The smallest absolute Gasteiger partial charge is 0.103 e. The minimum atomic E-state index is -0.314. The average molecular weight is 498 g/mol. The topological polar surface area (TPSA) is 106 Å². The van der Waals surface area contributed by atoms with Crippen LogP contribution in [0.4, 0.5) is 0 Å². The molecule has 8 nitrogen and oxygen atoms in total. The molecule has 4 heterocycles. The maximum atomic E-state index is 9.70. The molecule has 1 aliphatic heterocycles. The van der Waals surface area contributed by atoms with Gasteiger partial charge >= 0.3 is 0 Å². The number of benzene rings is 1. The van der Waals surface area contributed by atoms with Crippen LogP contribution in [0.25, 0.3) is 16.6 Å². The molecule has 1 atom stereocenters. The zero-order valence-corrected chi connectivity index (χ0v) is 21.1. The second kappa shape index (κ2) is 10.2. The predicted molar refractivity (Wildman–Crippen MR) is 138 cm³/mol. The number of β-amino-alcohol motifs (C(OH)–C–C–N with tert-alkyl or cyclic N) is 1. The molecule has 0 spiro atoms. The number of likely N-dealkylation sites (tertiary alicyclic amines) is 1. The Labute approximate surface area is 214 Å². The molecule has 1 fully saturated rings. The summed E-state index contributed by atoms with van der Waals surface area (Å²) in [6.45, 7) is 6.52. The van der Waals surface area contributed by atoms with Crippen molar-refractivity contribution in [3.05, 3.63) is 65.7 Å². The van der Waals surface area contributed by atoms with Gasteiger partial charge in [0.2, 0.25) is 0 Å². The molecule has 0 unspecified atom stereocenters. The Hall–Kier alpha value is -3.63. The van der Waals surface area contributed by atoms with Crippen molar-refractivity contribution in [3.8, 4) is 23.3 Å². The molecule has 182 valence electrons. The Morgan fingerprint density at radius 3 is 2.56 bits per heavy atom. The van der Waals surface area contributed by atoms with Gasteiger partial charge in [0, 0.05) is 52.4 Å².